The Labute approximate surface area is 212 Å². The third-order valence-electron chi connectivity index (χ3n) is 3.49. The van der Waals surface area contributed by atoms with Crippen LogP contribution < -0.4 is 0 Å². The van der Waals surface area contributed by atoms with E-state index in [1.54, 1.807) is 13.8 Å². The number of thiophene rings is 1. The van der Waals surface area contributed by atoms with E-state index >= 15 is 0 Å². The van der Waals surface area contributed by atoms with Crippen molar-refractivity contribution in [1.82, 2.24) is 0 Å². The van der Waals surface area contributed by atoms with Gasteiger partial charge in [-0.3, -0.25) is 0 Å². The minimum atomic E-state index is -1.75. The first-order valence-electron chi connectivity index (χ1n) is 14.1. The van der Waals surface area contributed by atoms with Crippen LogP contribution in [-0.2, 0) is 12.8 Å². The molecular weight excluding hydrogens is 404 g/mol. The maximum Gasteiger partial charge on any atom is 0.0233 e. The van der Waals surface area contributed by atoms with Gasteiger partial charge in [0.25, 0.3) is 0 Å². The normalized spacial score (nSPS) is 11.7. The van der Waals surface area contributed by atoms with E-state index in [9.17, 15) is 0 Å². The summed E-state index contributed by atoms with van der Waals surface area (Å²) in [5.74, 6) is 3.08. The zero-order valence-corrected chi connectivity index (χ0v) is 24.4. The number of hydrogen-bond acceptors (Lipinski definition) is 1. The van der Waals surface area contributed by atoms with Gasteiger partial charge in [0.05, 0.1) is 0 Å². The van der Waals surface area contributed by atoms with Gasteiger partial charge in [-0.25, -0.2) is 0 Å². The van der Waals surface area contributed by atoms with Crippen molar-refractivity contribution in [3.63, 3.8) is 0 Å². The molecule has 0 nitrogen and oxygen atoms in total. The maximum absolute atomic E-state index is 6.72. The number of benzene rings is 1. The summed E-state index contributed by atoms with van der Waals surface area (Å²) < 4.78 is 20.2. The Balaban J connectivity index is -0.000000381. The Bertz CT molecular complexity index is 637. The minimum Gasteiger partial charge on any atom is -0.149 e. The summed E-state index contributed by atoms with van der Waals surface area (Å²) in [6, 6.07) is 14.9. The van der Waals surface area contributed by atoms with E-state index in [0.717, 1.165) is 23.7 Å². The van der Waals surface area contributed by atoms with E-state index in [4.69, 9.17) is 4.11 Å². The Kier molecular flexibility index (Phi) is 22.2. The third-order valence-corrected chi connectivity index (χ3v) is 4.39. The first-order chi connectivity index (χ1) is 16.0. The second-order valence-electron chi connectivity index (χ2n) is 10.4. The van der Waals surface area contributed by atoms with Gasteiger partial charge in [-0.1, -0.05) is 133 Å². The Morgan fingerprint density at radius 3 is 1.38 bits per heavy atom. The van der Waals surface area contributed by atoms with Crippen LogP contribution in [0.3, 0.4) is 0 Å². The molecule has 0 unspecified atom stereocenters. The Morgan fingerprint density at radius 2 is 1.09 bits per heavy atom. The number of hydrogen-bond donors (Lipinski definition) is 0. The highest BCUT2D eigenvalue weighted by atomic mass is 32.1. The highest BCUT2D eigenvalue weighted by Crippen LogP contribution is 2.13. The molecule has 0 aliphatic carbocycles. The van der Waals surface area contributed by atoms with Crippen molar-refractivity contribution in [3.05, 3.63) is 58.3 Å². The van der Waals surface area contributed by atoms with E-state index in [1.807, 2.05) is 11.3 Å². The fourth-order valence-corrected chi connectivity index (χ4v) is 2.84. The lowest BCUT2D eigenvalue weighted by Gasteiger charge is -2.02. The van der Waals surface area contributed by atoms with Crippen molar-refractivity contribution in [2.75, 3.05) is 0 Å². The van der Waals surface area contributed by atoms with Crippen molar-refractivity contribution >= 4 is 11.3 Å². The summed E-state index contributed by atoms with van der Waals surface area (Å²) in [5, 5.41) is 2.14. The van der Waals surface area contributed by atoms with Crippen molar-refractivity contribution in [1.29, 1.82) is 0 Å². The standard InChI is InChI=1S/C10H14.C8H12S.C5H12.2C4H10/c1-9(2)8-10-6-4-3-5-7-10;1-7(2)6-8-4-3-5-9-8;1-4-5(2)3;2*1-4(2)3/h3-7,9H,8H2,1-2H3;3-5,7H,6H2,1-2H3;5H,4H2,1-3H3;2*4H,1-3H3/i;;;1D3;. The van der Waals surface area contributed by atoms with Crippen LogP contribution in [0.4, 0.5) is 0 Å². The molecule has 32 heavy (non-hydrogen) atoms. The predicted octanol–water partition coefficient (Wildman–Crippen LogP) is 11.2. The first kappa shape index (κ1) is 29.0. The molecule has 0 spiro atoms. The molecule has 1 aromatic heterocycles. The van der Waals surface area contributed by atoms with Gasteiger partial charge in [0.2, 0.25) is 0 Å². The quantitative estimate of drug-likeness (QED) is 0.412. The fourth-order valence-electron chi connectivity index (χ4n) is 1.92. The molecule has 2 aromatic rings. The van der Waals surface area contributed by atoms with Crippen LogP contribution in [0.15, 0.2) is 47.8 Å². The van der Waals surface area contributed by atoms with Gasteiger partial charge in [-0.15, -0.1) is 11.3 Å². The summed E-state index contributed by atoms with van der Waals surface area (Å²) in [6.45, 7) is 23.8. The second kappa shape index (κ2) is 24.6. The third kappa shape index (κ3) is 39.4. The van der Waals surface area contributed by atoms with Crippen molar-refractivity contribution < 1.29 is 4.11 Å². The molecule has 0 atom stereocenters. The van der Waals surface area contributed by atoms with Gasteiger partial charge in [-0.2, -0.15) is 0 Å². The van der Waals surface area contributed by atoms with E-state index in [1.165, 1.54) is 29.7 Å². The van der Waals surface area contributed by atoms with Crippen LogP contribution >= 0.6 is 11.3 Å². The van der Waals surface area contributed by atoms with Crippen molar-refractivity contribution in [2.45, 2.75) is 109 Å². The molecule has 1 heteroatoms. The van der Waals surface area contributed by atoms with Crippen LogP contribution in [-0.4, -0.2) is 0 Å². The summed E-state index contributed by atoms with van der Waals surface area (Å²) in [5.41, 5.74) is 1.44. The Hall–Kier alpha value is -1.08. The van der Waals surface area contributed by atoms with E-state index in [2.05, 4.69) is 117 Å². The molecular formula is C31H58S. The van der Waals surface area contributed by atoms with E-state index in [-0.39, 0.29) is 5.92 Å². The van der Waals surface area contributed by atoms with Crippen LogP contribution in [0.2, 0.25) is 0 Å². The number of rotatable bonds is 5. The predicted molar refractivity (Wildman–Crippen MR) is 154 cm³/mol. The monoisotopic (exact) mass is 465 g/mol. The summed E-state index contributed by atoms with van der Waals surface area (Å²) >= 11 is 1.85. The first-order valence-corrected chi connectivity index (χ1v) is 13.5. The van der Waals surface area contributed by atoms with Gasteiger partial charge in [-0.05, 0) is 59.4 Å². The molecule has 1 aromatic carbocycles. The smallest absolute Gasteiger partial charge is 0.0233 e. The highest BCUT2D eigenvalue weighted by molar-refractivity contribution is 7.09. The lowest BCUT2D eigenvalue weighted by molar-refractivity contribution is 0.626. The average Bonchev–Trinajstić information content (AvgIpc) is 3.21. The molecule has 0 amide bonds. The van der Waals surface area contributed by atoms with Gasteiger partial charge in [0, 0.05) is 8.99 Å². The zero-order valence-electron chi connectivity index (χ0n) is 26.5. The highest BCUT2D eigenvalue weighted by Gasteiger charge is 1.96. The summed E-state index contributed by atoms with van der Waals surface area (Å²) in [6.07, 6.45) is 3.73. The largest absolute Gasteiger partial charge is 0.149 e. The molecule has 2 rings (SSSR count). The molecule has 0 fully saturated rings. The van der Waals surface area contributed by atoms with Crippen molar-refractivity contribution in [3.8, 4) is 0 Å². The molecule has 0 bridgehead atoms. The second-order valence-corrected chi connectivity index (χ2v) is 11.5. The molecule has 0 radical (unpaired) electrons. The van der Waals surface area contributed by atoms with Gasteiger partial charge >= 0.3 is 0 Å². The van der Waals surface area contributed by atoms with Crippen molar-refractivity contribution in [2.24, 2.45) is 29.6 Å². The molecule has 1 heterocycles. The SMILES string of the molecule is CC(C)C.CC(C)Cc1ccccc1.CC(C)Cc1cccs1.CCC(C)C.[2H]C([2H])([2H])C(C)C. The molecule has 0 N–H and O–H groups in total. The van der Waals surface area contributed by atoms with Crippen LogP contribution in [0.25, 0.3) is 0 Å². The van der Waals surface area contributed by atoms with Gasteiger partial charge in [0.1, 0.15) is 0 Å². The van der Waals surface area contributed by atoms with Gasteiger partial charge < -0.3 is 0 Å². The van der Waals surface area contributed by atoms with E-state index in [0.29, 0.717) is 0 Å². The zero-order chi connectivity index (χ0) is 28.0. The maximum atomic E-state index is 6.72. The molecule has 0 aliphatic rings. The lowest BCUT2D eigenvalue weighted by atomic mass is 10.0. The topological polar surface area (TPSA) is 0 Å². The van der Waals surface area contributed by atoms with Crippen LogP contribution in [0.1, 0.15) is 111 Å². The summed E-state index contributed by atoms with van der Waals surface area (Å²) in [4.78, 5) is 1.50. The molecule has 0 saturated carbocycles. The lowest BCUT2D eigenvalue weighted by Crippen LogP contribution is -1.92. The molecule has 0 aliphatic heterocycles. The molecule has 188 valence electrons. The van der Waals surface area contributed by atoms with Gasteiger partial charge in [0.15, 0.2) is 0 Å². The summed E-state index contributed by atoms with van der Waals surface area (Å²) in [7, 11) is 0. The van der Waals surface area contributed by atoms with Crippen LogP contribution in [0, 0.1) is 29.6 Å². The average molecular weight is 466 g/mol. The Morgan fingerprint density at radius 1 is 0.656 bits per heavy atom. The van der Waals surface area contributed by atoms with E-state index < -0.39 is 6.85 Å². The fraction of sp³-hybridized carbons (Fsp3) is 0.677. The van der Waals surface area contributed by atoms with Crippen LogP contribution in [0.5, 0.6) is 0 Å². The minimum absolute atomic E-state index is 0.201. The molecule has 0 saturated heterocycles.